The fourth-order valence-electron chi connectivity index (χ4n) is 4.89. The Labute approximate surface area is 201 Å². The van der Waals surface area contributed by atoms with Gasteiger partial charge >= 0.3 is 5.97 Å². The van der Waals surface area contributed by atoms with Crippen LogP contribution in [-0.4, -0.2) is 58.6 Å². The van der Waals surface area contributed by atoms with E-state index in [9.17, 15) is 15.1 Å². The van der Waals surface area contributed by atoms with Crippen molar-refractivity contribution in [3.8, 4) is 0 Å². The second-order valence-corrected chi connectivity index (χ2v) is 9.98. The van der Waals surface area contributed by atoms with E-state index < -0.39 is 11.4 Å². The lowest BCUT2D eigenvalue weighted by Crippen LogP contribution is -2.49. The highest BCUT2D eigenvalue weighted by atomic mass is 16.5. The largest absolute Gasteiger partial charge is 0.633 e. The molecular formula is C27H35N3O4. The number of fused-ring (bicyclic) bond motifs is 1. The molecule has 1 fully saturated rings. The number of carbonyl (C=O) groups is 1. The van der Waals surface area contributed by atoms with E-state index in [-0.39, 0.29) is 10.6 Å². The summed E-state index contributed by atoms with van der Waals surface area (Å²) in [6, 6.07) is 15.8. The van der Waals surface area contributed by atoms with Crippen LogP contribution in [0.15, 0.2) is 48.5 Å². The molecule has 1 N–H and O–H groups in total. The lowest BCUT2D eigenvalue weighted by atomic mass is 9.84. The Kier molecular flexibility index (Phi) is 7.07. The van der Waals surface area contributed by atoms with Gasteiger partial charge in [-0.1, -0.05) is 36.4 Å². The molecule has 0 aliphatic carbocycles. The molecule has 182 valence electrons. The van der Waals surface area contributed by atoms with Crippen LogP contribution in [0.4, 0.5) is 0 Å². The second-order valence-electron chi connectivity index (χ2n) is 9.98. The van der Waals surface area contributed by atoms with Crippen LogP contribution in [-0.2, 0) is 27.9 Å². The zero-order valence-corrected chi connectivity index (χ0v) is 20.4. The predicted octanol–water partition coefficient (Wildman–Crippen LogP) is 4.48. The third kappa shape index (κ3) is 5.02. The first-order valence-corrected chi connectivity index (χ1v) is 12.1. The van der Waals surface area contributed by atoms with Gasteiger partial charge in [0.2, 0.25) is 0 Å². The minimum atomic E-state index is -0.924. The Bertz CT molecular complexity index is 1130. The number of benzene rings is 2. The average molecular weight is 466 g/mol. The zero-order valence-electron chi connectivity index (χ0n) is 20.4. The number of methoxy groups -OCH3 is 1. The van der Waals surface area contributed by atoms with E-state index in [4.69, 9.17) is 9.72 Å². The topological polar surface area (TPSA) is 87.4 Å². The second kappa shape index (κ2) is 9.86. The summed E-state index contributed by atoms with van der Waals surface area (Å²) in [7, 11) is 1.71. The Morgan fingerprint density at radius 3 is 2.50 bits per heavy atom. The summed E-state index contributed by atoms with van der Waals surface area (Å²) < 4.78 is 7.40. The van der Waals surface area contributed by atoms with Crippen molar-refractivity contribution in [1.29, 1.82) is 0 Å². The number of hydrogen-bond acceptors (Lipinski definition) is 4. The molecule has 0 saturated carbocycles. The molecule has 1 aliphatic heterocycles. The lowest BCUT2D eigenvalue weighted by Gasteiger charge is -2.47. The van der Waals surface area contributed by atoms with Gasteiger partial charge in [-0.05, 0) is 37.1 Å². The van der Waals surface area contributed by atoms with Gasteiger partial charge in [-0.15, -0.1) is 0 Å². The molecule has 34 heavy (non-hydrogen) atoms. The van der Waals surface area contributed by atoms with Crippen molar-refractivity contribution in [1.82, 2.24) is 9.55 Å². The standard InChI is InChI=1S/C27H35N3O4/c1-27(2,26(31)32)22-10-8-20(9-11-22)12-16-30(33)17-13-21(14-18-30)25-28-23-6-4-5-7-24(23)29(25)15-19-34-3/h4-11,21H,12-19H2,1-3H3,(H,31,32). The molecule has 0 unspecified atom stereocenters. The normalized spacial score (nSPS) is 21.1. The Morgan fingerprint density at radius 2 is 1.85 bits per heavy atom. The van der Waals surface area contributed by atoms with Crippen LogP contribution in [0.25, 0.3) is 11.0 Å². The van der Waals surface area contributed by atoms with Crippen LogP contribution >= 0.6 is 0 Å². The van der Waals surface area contributed by atoms with E-state index >= 15 is 0 Å². The molecule has 1 saturated heterocycles. The van der Waals surface area contributed by atoms with Gasteiger partial charge in [0.25, 0.3) is 0 Å². The van der Waals surface area contributed by atoms with Gasteiger partial charge in [0, 0.05) is 38.8 Å². The molecule has 0 amide bonds. The molecule has 1 aliphatic rings. The van der Waals surface area contributed by atoms with Crippen LogP contribution in [0.1, 0.15) is 49.6 Å². The number of quaternary nitrogens is 1. The van der Waals surface area contributed by atoms with Crippen LogP contribution in [0.5, 0.6) is 0 Å². The number of rotatable bonds is 9. The van der Waals surface area contributed by atoms with E-state index in [2.05, 4.69) is 10.6 Å². The predicted molar refractivity (Wildman–Crippen MR) is 133 cm³/mol. The van der Waals surface area contributed by atoms with Gasteiger partial charge in [-0.2, -0.15) is 0 Å². The number of para-hydroxylation sites is 2. The zero-order chi connectivity index (χ0) is 24.3. The average Bonchev–Trinajstić information content (AvgIpc) is 3.20. The maximum absolute atomic E-state index is 13.4. The number of imidazole rings is 1. The van der Waals surface area contributed by atoms with Crippen molar-refractivity contribution >= 4 is 17.0 Å². The molecule has 7 heteroatoms. The number of carboxylic acids is 1. The molecule has 0 bridgehead atoms. The lowest BCUT2D eigenvalue weighted by molar-refractivity contribution is -0.885. The molecule has 0 spiro atoms. The quantitative estimate of drug-likeness (QED) is 0.372. The monoisotopic (exact) mass is 465 g/mol. The number of likely N-dealkylation sites (tertiary alicyclic amines) is 1. The Morgan fingerprint density at radius 1 is 1.18 bits per heavy atom. The van der Waals surface area contributed by atoms with E-state index in [1.807, 2.05) is 42.5 Å². The number of ether oxygens (including phenoxy) is 1. The maximum Gasteiger partial charge on any atom is 0.313 e. The first kappa shape index (κ1) is 24.4. The molecule has 0 atom stereocenters. The number of hydrogen-bond donors (Lipinski definition) is 1. The first-order chi connectivity index (χ1) is 16.2. The highest BCUT2D eigenvalue weighted by molar-refractivity contribution is 5.80. The molecule has 1 aromatic heterocycles. The van der Waals surface area contributed by atoms with Gasteiger partial charge in [0.1, 0.15) is 5.82 Å². The summed E-state index contributed by atoms with van der Waals surface area (Å²) in [5, 5.41) is 22.8. The summed E-state index contributed by atoms with van der Waals surface area (Å²) >= 11 is 0. The number of piperidine rings is 1. The van der Waals surface area contributed by atoms with Crippen molar-refractivity contribution in [2.75, 3.05) is 33.4 Å². The number of nitrogens with zero attached hydrogens (tertiary/aromatic N) is 3. The van der Waals surface area contributed by atoms with Gasteiger partial charge < -0.3 is 24.3 Å². The number of aromatic nitrogens is 2. The van der Waals surface area contributed by atoms with Gasteiger partial charge in [0.15, 0.2) is 0 Å². The van der Waals surface area contributed by atoms with Gasteiger partial charge in [-0.25, -0.2) is 4.98 Å². The first-order valence-electron chi connectivity index (χ1n) is 12.1. The number of carboxylic acid groups (broad SMARTS) is 1. The smallest absolute Gasteiger partial charge is 0.313 e. The molecule has 2 heterocycles. The fourth-order valence-corrected chi connectivity index (χ4v) is 4.89. The third-order valence-corrected chi connectivity index (χ3v) is 7.36. The molecule has 3 aromatic rings. The van der Waals surface area contributed by atoms with Crippen LogP contribution in [0.3, 0.4) is 0 Å². The van der Waals surface area contributed by atoms with E-state index in [0.29, 0.717) is 32.7 Å². The highest BCUT2D eigenvalue weighted by Crippen LogP contribution is 2.33. The summed E-state index contributed by atoms with van der Waals surface area (Å²) in [6.45, 7) is 6.50. The van der Waals surface area contributed by atoms with Crippen LogP contribution < -0.4 is 0 Å². The molecule has 4 rings (SSSR count). The Balaban J connectivity index is 1.39. The minimum absolute atomic E-state index is 0.183. The SMILES string of the molecule is COCCn1c(C2CC[N+]([O-])(CCc3ccc(C(C)(C)C(=O)O)cc3)CC2)nc2ccccc21. The van der Waals surface area contributed by atoms with E-state index in [1.54, 1.807) is 21.0 Å². The highest BCUT2D eigenvalue weighted by Gasteiger charge is 2.31. The van der Waals surface area contributed by atoms with Crippen LogP contribution in [0.2, 0.25) is 0 Å². The van der Waals surface area contributed by atoms with Crippen molar-refractivity contribution in [2.24, 2.45) is 0 Å². The van der Waals surface area contributed by atoms with Crippen molar-refractivity contribution in [2.45, 2.75) is 51.0 Å². The molecular weight excluding hydrogens is 430 g/mol. The van der Waals surface area contributed by atoms with E-state index in [1.165, 1.54) is 0 Å². The van der Waals surface area contributed by atoms with E-state index in [0.717, 1.165) is 47.4 Å². The molecule has 2 aromatic carbocycles. The van der Waals surface area contributed by atoms with Crippen molar-refractivity contribution < 1.29 is 19.3 Å². The fraction of sp³-hybridized carbons (Fsp3) is 0.481. The summed E-state index contributed by atoms with van der Waals surface area (Å²) in [4.78, 5) is 16.4. The Hall–Kier alpha value is -2.74. The van der Waals surface area contributed by atoms with Gasteiger partial charge in [-0.3, -0.25) is 4.79 Å². The van der Waals surface area contributed by atoms with Crippen molar-refractivity contribution in [3.63, 3.8) is 0 Å². The maximum atomic E-state index is 13.4. The number of hydroxylamine groups is 3. The summed E-state index contributed by atoms with van der Waals surface area (Å²) in [5.74, 6) is 0.506. The van der Waals surface area contributed by atoms with Crippen LogP contribution in [0, 0.1) is 5.21 Å². The van der Waals surface area contributed by atoms with Crippen molar-refractivity contribution in [3.05, 3.63) is 70.7 Å². The van der Waals surface area contributed by atoms with Gasteiger partial charge in [0.05, 0.1) is 42.7 Å². The minimum Gasteiger partial charge on any atom is -0.633 e. The molecule has 7 nitrogen and oxygen atoms in total. The number of aliphatic carboxylic acids is 1. The summed E-state index contributed by atoms with van der Waals surface area (Å²) in [5.41, 5.74) is 3.04. The third-order valence-electron chi connectivity index (χ3n) is 7.36. The molecule has 0 radical (unpaired) electrons. The summed E-state index contributed by atoms with van der Waals surface area (Å²) in [6.07, 6.45) is 2.34.